The summed E-state index contributed by atoms with van der Waals surface area (Å²) in [6.07, 6.45) is 4.95. The molecule has 162 valence electrons. The van der Waals surface area contributed by atoms with Crippen molar-refractivity contribution in [1.82, 2.24) is 14.8 Å². The van der Waals surface area contributed by atoms with Gasteiger partial charge in [0, 0.05) is 38.3 Å². The second kappa shape index (κ2) is 11.7. The monoisotopic (exact) mass is 430 g/mol. The number of piperidine rings is 1. The molecule has 1 saturated heterocycles. The average Bonchev–Trinajstić information content (AvgIpc) is 2.78. The minimum atomic E-state index is -0.0879. The number of aromatic nitrogens is 1. The highest BCUT2D eigenvalue weighted by Gasteiger charge is 2.26. The van der Waals surface area contributed by atoms with Crippen molar-refractivity contribution in [3.8, 4) is 0 Å². The van der Waals surface area contributed by atoms with E-state index in [2.05, 4.69) is 46.5 Å². The summed E-state index contributed by atoms with van der Waals surface area (Å²) in [5.41, 5.74) is 1.92. The number of carbonyl (C=O) groups is 2. The Hall–Kier alpha value is -2.44. The Labute approximate surface area is 185 Å². The average molecular weight is 431 g/mol. The molecule has 1 fully saturated rings. The van der Waals surface area contributed by atoms with Gasteiger partial charge in [-0.2, -0.15) is 0 Å². The molecule has 3 rings (SSSR count). The summed E-state index contributed by atoms with van der Waals surface area (Å²) in [5, 5.41) is 2.70. The molecule has 6 nitrogen and oxygen atoms in total. The number of anilines is 1. The third kappa shape index (κ3) is 6.54. The molecule has 1 aromatic carbocycles. The Morgan fingerprint density at radius 3 is 2.43 bits per heavy atom. The molecule has 0 unspecified atom stereocenters. The lowest BCUT2D eigenvalue weighted by molar-refractivity contribution is -0.115. The normalized spacial score (nSPS) is 14.3. The van der Waals surface area contributed by atoms with Crippen molar-refractivity contribution < 1.29 is 9.59 Å². The highest BCUT2D eigenvalue weighted by Crippen LogP contribution is 2.18. The molecule has 1 aliphatic rings. The zero-order valence-electron chi connectivity index (χ0n) is 17.7. The standard InChI is InChI=1S/C23H30N4O2.ClH/c1-3-22(28)25-21-10-9-19(17-24-21)23(29)27-15-12-20(13-16-27)26(2)14-11-18-7-5-4-6-8-18;/h4-10,17,20H,3,11-16H2,1-2H3,(H,24,25,28);1H. The molecule has 0 bridgehead atoms. The van der Waals surface area contributed by atoms with Gasteiger partial charge in [0.15, 0.2) is 0 Å². The molecular weight excluding hydrogens is 400 g/mol. The van der Waals surface area contributed by atoms with Crippen LogP contribution in [0, 0.1) is 0 Å². The second-order valence-corrected chi connectivity index (χ2v) is 7.57. The number of halogens is 1. The van der Waals surface area contributed by atoms with Crippen LogP contribution in [0.15, 0.2) is 48.7 Å². The predicted octanol–water partition coefficient (Wildman–Crippen LogP) is 3.63. The number of likely N-dealkylation sites (N-methyl/N-ethyl adjacent to an activating group) is 1. The molecule has 30 heavy (non-hydrogen) atoms. The van der Waals surface area contributed by atoms with Crippen LogP contribution < -0.4 is 5.32 Å². The van der Waals surface area contributed by atoms with E-state index in [1.54, 1.807) is 25.3 Å². The minimum absolute atomic E-state index is 0. The van der Waals surface area contributed by atoms with Crippen molar-refractivity contribution in [2.24, 2.45) is 0 Å². The first-order chi connectivity index (χ1) is 14.1. The zero-order valence-corrected chi connectivity index (χ0v) is 18.5. The highest BCUT2D eigenvalue weighted by atomic mass is 35.5. The number of likely N-dealkylation sites (tertiary alicyclic amines) is 1. The van der Waals surface area contributed by atoms with Gasteiger partial charge in [-0.15, -0.1) is 12.4 Å². The van der Waals surface area contributed by atoms with E-state index in [9.17, 15) is 9.59 Å². The number of benzene rings is 1. The summed E-state index contributed by atoms with van der Waals surface area (Å²) < 4.78 is 0. The number of rotatable bonds is 7. The van der Waals surface area contributed by atoms with Crippen molar-refractivity contribution in [3.05, 3.63) is 59.8 Å². The molecule has 1 aliphatic heterocycles. The first-order valence-electron chi connectivity index (χ1n) is 10.4. The molecule has 0 aliphatic carbocycles. The Kier molecular flexibility index (Phi) is 9.27. The predicted molar refractivity (Wildman–Crippen MR) is 122 cm³/mol. The zero-order chi connectivity index (χ0) is 20.6. The summed E-state index contributed by atoms with van der Waals surface area (Å²) in [5.74, 6) is 0.401. The van der Waals surface area contributed by atoms with Crippen LogP contribution in [0.4, 0.5) is 5.82 Å². The van der Waals surface area contributed by atoms with Crippen molar-refractivity contribution in [1.29, 1.82) is 0 Å². The van der Waals surface area contributed by atoms with Crippen LogP contribution in [0.25, 0.3) is 0 Å². The van der Waals surface area contributed by atoms with Crippen molar-refractivity contribution >= 4 is 30.0 Å². The number of carbonyl (C=O) groups excluding carboxylic acids is 2. The fraction of sp³-hybridized carbons (Fsp3) is 0.435. The quantitative estimate of drug-likeness (QED) is 0.728. The van der Waals surface area contributed by atoms with Crippen LogP contribution in [-0.2, 0) is 11.2 Å². The maximum atomic E-state index is 12.8. The van der Waals surface area contributed by atoms with Gasteiger partial charge in [-0.25, -0.2) is 4.98 Å². The van der Waals surface area contributed by atoms with E-state index in [0.29, 0.717) is 23.8 Å². The van der Waals surface area contributed by atoms with Crippen LogP contribution in [0.5, 0.6) is 0 Å². The third-order valence-corrected chi connectivity index (χ3v) is 5.57. The second-order valence-electron chi connectivity index (χ2n) is 7.57. The molecule has 2 amide bonds. The fourth-order valence-corrected chi connectivity index (χ4v) is 3.65. The lowest BCUT2D eigenvalue weighted by Gasteiger charge is -2.36. The summed E-state index contributed by atoms with van der Waals surface area (Å²) in [6, 6.07) is 14.5. The van der Waals surface area contributed by atoms with Gasteiger partial charge < -0.3 is 15.1 Å². The van der Waals surface area contributed by atoms with E-state index < -0.39 is 0 Å². The first-order valence-corrected chi connectivity index (χ1v) is 10.4. The molecule has 1 N–H and O–H groups in total. The number of pyridine rings is 1. The molecule has 0 radical (unpaired) electrons. The van der Waals surface area contributed by atoms with Gasteiger partial charge in [-0.3, -0.25) is 9.59 Å². The molecule has 2 heterocycles. The van der Waals surface area contributed by atoms with E-state index in [1.807, 2.05) is 11.0 Å². The van der Waals surface area contributed by atoms with E-state index in [0.717, 1.165) is 38.9 Å². The van der Waals surface area contributed by atoms with Crippen LogP contribution in [0.3, 0.4) is 0 Å². The Morgan fingerprint density at radius 1 is 1.13 bits per heavy atom. The van der Waals surface area contributed by atoms with Gasteiger partial charge in [0.05, 0.1) is 5.56 Å². The van der Waals surface area contributed by atoms with E-state index in [1.165, 1.54) is 5.56 Å². The van der Waals surface area contributed by atoms with Crippen LogP contribution in [-0.4, -0.2) is 59.3 Å². The molecule has 0 spiro atoms. The number of hydrogen-bond acceptors (Lipinski definition) is 4. The van der Waals surface area contributed by atoms with Crippen molar-refractivity contribution in [2.45, 2.75) is 38.6 Å². The smallest absolute Gasteiger partial charge is 0.255 e. The molecule has 1 aromatic heterocycles. The van der Waals surface area contributed by atoms with E-state index in [4.69, 9.17) is 0 Å². The SMILES string of the molecule is CCC(=O)Nc1ccc(C(=O)N2CCC(N(C)CCc3ccccc3)CC2)cn1.Cl. The van der Waals surface area contributed by atoms with E-state index in [-0.39, 0.29) is 24.2 Å². The Balaban J connectivity index is 0.00000320. The fourth-order valence-electron chi connectivity index (χ4n) is 3.65. The third-order valence-electron chi connectivity index (χ3n) is 5.57. The van der Waals surface area contributed by atoms with Gasteiger partial charge in [0.1, 0.15) is 5.82 Å². The maximum absolute atomic E-state index is 12.8. The highest BCUT2D eigenvalue weighted by molar-refractivity contribution is 5.95. The Bertz CT molecular complexity index is 806. The molecule has 7 heteroatoms. The van der Waals surface area contributed by atoms with Gasteiger partial charge in [-0.1, -0.05) is 37.3 Å². The van der Waals surface area contributed by atoms with Gasteiger partial charge in [0.25, 0.3) is 5.91 Å². The lowest BCUT2D eigenvalue weighted by Crippen LogP contribution is -2.46. The Morgan fingerprint density at radius 2 is 1.83 bits per heavy atom. The number of hydrogen-bond donors (Lipinski definition) is 1. The number of nitrogens with zero attached hydrogens (tertiary/aromatic N) is 3. The summed E-state index contributed by atoms with van der Waals surface area (Å²) in [7, 11) is 2.18. The lowest BCUT2D eigenvalue weighted by atomic mass is 10.0. The van der Waals surface area contributed by atoms with Gasteiger partial charge in [0.2, 0.25) is 5.91 Å². The molecule has 2 aromatic rings. The summed E-state index contributed by atoms with van der Waals surface area (Å²) >= 11 is 0. The van der Waals surface area contributed by atoms with E-state index >= 15 is 0 Å². The summed E-state index contributed by atoms with van der Waals surface area (Å²) in [6.45, 7) is 4.33. The number of nitrogens with one attached hydrogen (secondary N) is 1. The van der Waals surface area contributed by atoms with Gasteiger partial charge in [-0.05, 0) is 44.0 Å². The summed E-state index contributed by atoms with van der Waals surface area (Å²) in [4.78, 5) is 32.7. The van der Waals surface area contributed by atoms with Crippen LogP contribution >= 0.6 is 12.4 Å². The molecule has 0 saturated carbocycles. The largest absolute Gasteiger partial charge is 0.338 e. The van der Waals surface area contributed by atoms with Crippen molar-refractivity contribution in [2.75, 3.05) is 32.0 Å². The number of amides is 2. The maximum Gasteiger partial charge on any atom is 0.255 e. The molecular formula is C23H31ClN4O2. The van der Waals surface area contributed by atoms with Gasteiger partial charge >= 0.3 is 0 Å². The van der Waals surface area contributed by atoms with Crippen molar-refractivity contribution in [3.63, 3.8) is 0 Å². The van der Waals surface area contributed by atoms with Crippen LogP contribution in [0.2, 0.25) is 0 Å². The molecule has 0 atom stereocenters. The van der Waals surface area contributed by atoms with Crippen LogP contribution in [0.1, 0.15) is 42.1 Å². The topological polar surface area (TPSA) is 65.5 Å². The first kappa shape index (κ1) is 23.8. The minimum Gasteiger partial charge on any atom is -0.338 e.